The summed E-state index contributed by atoms with van der Waals surface area (Å²) in [6.45, 7) is 0. The number of rotatable bonds is 4. The van der Waals surface area contributed by atoms with E-state index in [1.165, 1.54) is 11.8 Å². The van der Waals surface area contributed by atoms with E-state index in [1.54, 1.807) is 18.2 Å². The van der Waals surface area contributed by atoms with Gasteiger partial charge in [-0.25, -0.2) is 0 Å². The Morgan fingerprint density at radius 1 is 1.41 bits per heavy atom. The number of anilines is 1. The lowest BCUT2D eigenvalue weighted by molar-refractivity contribution is -0.122. The SMILES string of the molecule is O=C(CC1SC(=NC2CC2)NC1=O)Nc1cccc(Cl)c1Cl. The first kappa shape index (κ1) is 15.6. The molecule has 116 valence electrons. The maximum absolute atomic E-state index is 12.1. The van der Waals surface area contributed by atoms with Crippen LogP contribution < -0.4 is 10.6 Å². The first-order valence-corrected chi connectivity index (χ1v) is 8.45. The van der Waals surface area contributed by atoms with E-state index >= 15 is 0 Å². The zero-order chi connectivity index (χ0) is 15.7. The average Bonchev–Trinajstić information content (AvgIpc) is 3.20. The molecule has 8 heteroatoms. The van der Waals surface area contributed by atoms with E-state index in [4.69, 9.17) is 23.2 Å². The van der Waals surface area contributed by atoms with Crippen LogP contribution in [0.1, 0.15) is 19.3 Å². The monoisotopic (exact) mass is 357 g/mol. The Bertz CT molecular complexity index is 661. The van der Waals surface area contributed by atoms with Gasteiger partial charge in [-0.1, -0.05) is 41.0 Å². The average molecular weight is 358 g/mol. The standard InChI is InChI=1S/C14H13Cl2N3O2S/c15-8-2-1-3-9(12(8)16)18-11(20)6-10-13(21)19-14(22-10)17-7-4-5-7/h1-3,7,10H,4-6H2,(H,18,20)(H,17,19,21). The van der Waals surface area contributed by atoms with Gasteiger partial charge in [0.15, 0.2) is 5.17 Å². The molecule has 2 aliphatic rings. The van der Waals surface area contributed by atoms with Crippen LogP contribution in [-0.4, -0.2) is 28.3 Å². The van der Waals surface area contributed by atoms with Crippen molar-refractivity contribution in [3.05, 3.63) is 28.2 Å². The number of nitrogens with one attached hydrogen (secondary N) is 2. The number of nitrogens with zero attached hydrogens (tertiary/aromatic N) is 1. The van der Waals surface area contributed by atoms with Gasteiger partial charge in [-0.05, 0) is 25.0 Å². The summed E-state index contributed by atoms with van der Waals surface area (Å²) in [5.74, 6) is -0.471. The van der Waals surface area contributed by atoms with Gasteiger partial charge in [0.2, 0.25) is 11.8 Å². The number of hydrogen-bond acceptors (Lipinski definition) is 4. The van der Waals surface area contributed by atoms with Gasteiger partial charge in [0.05, 0.1) is 21.8 Å². The van der Waals surface area contributed by atoms with Crippen molar-refractivity contribution in [1.82, 2.24) is 5.32 Å². The minimum Gasteiger partial charge on any atom is -0.325 e. The molecule has 1 saturated heterocycles. The van der Waals surface area contributed by atoms with Crippen LogP contribution in [0.5, 0.6) is 0 Å². The lowest BCUT2D eigenvalue weighted by atomic mass is 10.2. The van der Waals surface area contributed by atoms with Crippen molar-refractivity contribution in [1.29, 1.82) is 0 Å². The number of benzene rings is 1. The first-order chi connectivity index (χ1) is 10.5. The molecule has 1 aromatic rings. The molecule has 2 N–H and O–H groups in total. The highest BCUT2D eigenvalue weighted by molar-refractivity contribution is 8.15. The molecule has 2 amide bonds. The van der Waals surface area contributed by atoms with Crippen LogP contribution in [0.3, 0.4) is 0 Å². The molecule has 0 aromatic heterocycles. The molecule has 3 rings (SSSR count). The van der Waals surface area contributed by atoms with Gasteiger partial charge in [0.25, 0.3) is 0 Å². The van der Waals surface area contributed by atoms with E-state index in [2.05, 4.69) is 15.6 Å². The van der Waals surface area contributed by atoms with Gasteiger partial charge in [-0.3, -0.25) is 14.6 Å². The summed E-state index contributed by atoms with van der Waals surface area (Å²) in [5.41, 5.74) is 0.439. The second-order valence-electron chi connectivity index (χ2n) is 5.11. The zero-order valence-electron chi connectivity index (χ0n) is 11.4. The largest absolute Gasteiger partial charge is 0.325 e. The van der Waals surface area contributed by atoms with Crippen molar-refractivity contribution < 1.29 is 9.59 Å². The Morgan fingerprint density at radius 2 is 2.18 bits per heavy atom. The molecule has 1 aliphatic carbocycles. The van der Waals surface area contributed by atoms with E-state index in [-0.39, 0.29) is 23.3 Å². The molecule has 0 bridgehead atoms. The summed E-state index contributed by atoms with van der Waals surface area (Å²) in [7, 11) is 0. The van der Waals surface area contributed by atoms with E-state index in [0.717, 1.165) is 12.8 Å². The molecule has 1 aromatic carbocycles. The molecule has 2 fully saturated rings. The normalized spacial score (nSPS) is 22.7. The van der Waals surface area contributed by atoms with Gasteiger partial charge in [-0.15, -0.1) is 0 Å². The smallest absolute Gasteiger partial charge is 0.240 e. The van der Waals surface area contributed by atoms with E-state index in [9.17, 15) is 9.59 Å². The van der Waals surface area contributed by atoms with Crippen LogP contribution >= 0.6 is 35.0 Å². The Morgan fingerprint density at radius 3 is 2.91 bits per heavy atom. The third kappa shape index (κ3) is 3.74. The number of carbonyl (C=O) groups is 2. The molecule has 5 nitrogen and oxygen atoms in total. The van der Waals surface area contributed by atoms with Gasteiger partial charge in [-0.2, -0.15) is 0 Å². The Labute approximate surface area is 141 Å². The molecule has 22 heavy (non-hydrogen) atoms. The van der Waals surface area contributed by atoms with Crippen LogP contribution in [0.2, 0.25) is 10.0 Å². The lowest BCUT2D eigenvalue weighted by Gasteiger charge is -2.09. The highest BCUT2D eigenvalue weighted by atomic mass is 35.5. The molecular formula is C14H13Cl2N3O2S. The quantitative estimate of drug-likeness (QED) is 0.869. The van der Waals surface area contributed by atoms with Gasteiger partial charge >= 0.3 is 0 Å². The van der Waals surface area contributed by atoms with Crippen LogP contribution in [0.15, 0.2) is 23.2 Å². The number of carbonyl (C=O) groups excluding carboxylic acids is 2. The highest BCUT2D eigenvalue weighted by Crippen LogP contribution is 2.31. The predicted molar refractivity (Wildman–Crippen MR) is 89.7 cm³/mol. The number of aliphatic imine (C=N–C) groups is 1. The van der Waals surface area contributed by atoms with Gasteiger partial charge < -0.3 is 10.6 Å². The maximum atomic E-state index is 12.1. The number of amidine groups is 1. The van der Waals surface area contributed by atoms with E-state index < -0.39 is 5.25 Å². The predicted octanol–water partition coefficient (Wildman–Crippen LogP) is 3.07. The summed E-state index contributed by atoms with van der Waals surface area (Å²) in [4.78, 5) is 28.3. The summed E-state index contributed by atoms with van der Waals surface area (Å²) >= 11 is 13.2. The Hall–Kier alpha value is -1.24. The molecule has 1 atom stereocenters. The minimum atomic E-state index is -0.463. The molecule has 1 aliphatic heterocycles. The van der Waals surface area contributed by atoms with Crippen molar-refractivity contribution in [2.75, 3.05) is 5.32 Å². The summed E-state index contributed by atoms with van der Waals surface area (Å²) in [6.07, 6.45) is 2.19. The molecule has 0 spiro atoms. The molecule has 0 radical (unpaired) electrons. The first-order valence-electron chi connectivity index (χ1n) is 6.82. The van der Waals surface area contributed by atoms with Crippen LogP contribution in [0.4, 0.5) is 5.69 Å². The summed E-state index contributed by atoms with van der Waals surface area (Å²) in [6, 6.07) is 5.33. The molecule has 1 unspecified atom stereocenters. The third-order valence-electron chi connectivity index (χ3n) is 3.22. The number of halogens is 2. The number of amides is 2. The fraction of sp³-hybridized carbons (Fsp3) is 0.357. The topological polar surface area (TPSA) is 70.6 Å². The molecule has 1 saturated carbocycles. The van der Waals surface area contributed by atoms with E-state index in [1.807, 2.05) is 0 Å². The van der Waals surface area contributed by atoms with E-state index in [0.29, 0.717) is 21.9 Å². The molecule has 1 heterocycles. The van der Waals surface area contributed by atoms with Crippen molar-refractivity contribution >= 4 is 57.6 Å². The fourth-order valence-corrected chi connectivity index (χ4v) is 3.33. The van der Waals surface area contributed by atoms with Crippen molar-refractivity contribution in [2.45, 2.75) is 30.6 Å². The summed E-state index contributed by atoms with van der Waals surface area (Å²) < 4.78 is 0. The van der Waals surface area contributed by atoms with Gasteiger partial charge in [0, 0.05) is 6.42 Å². The number of hydrogen-bond donors (Lipinski definition) is 2. The van der Waals surface area contributed by atoms with Crippen molar-refractivity contribution in [2.24, 2.45) is 4.99 Å². The Balaban J connectivity index is 1.59. The number of thioether (sulfide) groups is 1. The van der Waals surface area contributed by atoms with Crippen LogP contribution in [-0.2, 0) is 9.59 Å². The summed E-state index contributed by atoms with van der Waals surface area (Å²) in [5, 5.41) is 6.20. The van der Waals surface area contributed by atoms with Gasteiger partial charge in [0.1, 0.15) is 5.25 Å². The Kier molecular flexibility index (Phi) is 4.61. The third-order valence-corrected chi connectivity index (χ3v) is 5.13. The zero-order valence-corrected chi connectivity index (χ0v) is 13.8. The lowest BCUT2D eigenvalue weighted by Crippen LogP contribution is -2.28. The molecular weight excluding hydrogens is 345 g/mol. The minimum absolute atomic E-state index is 0.0586. The van der Waals surface area contributed by atoms with Crippen LogP contribution in [0, 0.1) is 0 Å². The second kappa shape index (κ2) is 6.48. The second-order valence-corrected chi connectivity index (χ2v) is 7.09. The fourth-order valence-electron chi connectivity index (χ4n) is 1.94. The maximum Gasteiger partial charge on any atom is 0.240 e. The van der Waals surface area contributed by atoms with Crippen LogP contribution in [0.25, 0.3) is 0 Å². The van der Waals surface area contributed by atoms with Crippen molar-refractivity contribution in [3.8, 4) is 0 Å². The van der Waals surface area contributed by atoms with Crippen molar-refractivity contribution in [3.63, 3.8) is 0 Å². The highest BCUT2D eigenvalue weighted by Gasteiger charge is 2.33.